The van der Waals surface area contributed by atoms with Crippen molar-refractivity contribution in [3.8, 4) is 0 Å². The summed E-state index contributed by atoms with van der Waals surface area (Å²) < 4.78 is 44.1. The highest BCUT2D eigenvalue weighted by Gasteiger charge is 2.80. The Hall–Kier alpha value is -4.21. The summed E-state index contributed by atoms with van der Waals surface area (Å²) in [6.07, 6.45) is 1.15. The van der Waals surface area contributed by atoms with Crippen LogP contribution in [0.3, 0.4) is 0 Å². The van der Waals surface area contributed by atoms with Crippen molar-refractivity contribution in [2.24, 2.45) is 11.3 Å². The first kappa shape index (κ1) is 27.4. The van der Waals surface area contributed by atoms with Gasteiger partial charge < -0.3 is 9.47 Å². The minimum absolute atomic E-state index is 0.133. The fraction of sp³-hybridized carbons (Fsp3) is 0.258. The Morgan fingerprint density at radius 3 is 1.77 bits per heavy atom. The van der Waals surface area contributed by atoms with Gasteiger partial charge in [0.2, 0.25) is 0 Å². The van der Waals surface area contributed by atoms with E-state index in [9.17, 15) is 14.4 Å². The third kappa shape index (κ3) is 5.43. The molecule has 1 aliphatic rings. The molecule has 1 aliphatic carbocycles. The number of aromatic nitrogens is 2. The summed E-state index contributed by atoms with van der Waals surface area (Å²) in [4.78, 5) is 38.6. The van der Waals surface area contributed by atoms with Crippen LogP contribution in [0.5, 0.6) is 0 Å². The van der Waals surface area contributed by atoms with Gasteiger partial charge in [-0.1, -0.05) is 78.9 Å². The van der Waals surface area contributed by atoms with Crippen molar-refractivity contribution in [2.75, 3.05) is 13.2 Å². The normalized spacial score (nSPS) is 16.9. The molecule has 206 valence electrons. The highest BCUT2D eigenvalue weighted by Crippen LogP contribution is 2.66. The average Bonchev–Trinajstić information content (AvgIpc) is 3.43. The lowest BCUT2D eigenvalue weighted by Crippen LogP contribution is -2.43. The van der Waals surface area contributed by atoms with Crippen LogP contribution < -0.4 is 11.2 Å². The van der Waals surface area contributed by atoms with Gasteiger partial charge in [-0.2, -0.15) is 4.57 Å². The van der Waals surface area contributed by atoms with Crippen LogP contribution in [0.4, 0.5) is 8.78 Å². The second kappa shape index (κ2) is 11.5. The number of halogens is 2. The molecule has 1 fully saturated rings. The number of alkyl halides is 2. The molecule has 1 atom stereocenters. The lowest BCUT2D eigenvalue weighted by atomic mass is 10.1. The zero-order valence-corrected chi connectivity index (χ0v) is 21.6. The van der Waals surface area contributed by atoms with Crippen LogP contribution >= 0.6 is 0 Å². The van der Waals surface area contributed by atoms with Gasteiger partial charge >= 0.3 is 5.69 Å². The van der Waals surface area contributed by atoms with Crippen molar-refractivity contribution in [1.29, 1.82) is 0 Å². The first-order chi connectivity index (χ1) is 19.3. The number of hydrogen-bond donors (Lipinski definition) is 0. The molecule has 0 aliphatic heterocycles. The van der Waals surface area contributed by atoms with Gasteiger partial charge in [-0.3, -0.25) is 14.2 Å². The number of rotatable bonds is 11. The van der Waals surface area contributed by atoms with Crippen molar-refractivity contribution in [3.63, 3.8) is 0 Å². The summed E-state index contributed by atoms with van der Waals surface area (Å²) in [6, 6.07) is 27.3. The van der Waals surface area contributed by atoms with Gasteiger partial charge in [0.05, 0.1) is 37.8 Å². The van der Waals surface area contributed by atoms with E-state index in [1.165, 1.54) is 12.1 Å². The lowest BCUT2D eigenvalue weighted by molar-refractivity contribution is -0.0431. The van der Waals surface area contributed by atoms with Gasteiger partial charge in [0.15, 0.2) is 0 Å². The Kier molecular flexibility index (Phi) is 7.86. The number of benzene rings is 3. The smallest absolute Gasteiger partial charge is 0.338 e. The lowest BCUT2D eigenvalue weighted by Gasteiger charge is -2.18. The molecule has 40 heavy (non-hydrogen) atoms. The van der Waals surface area contributed by atoms with Gasteiger partial charge in [0.25, 0.3) is 17.4 Å². The third-order valence-corrected chi connectivity index (χ3v) is 7.29. The third-order valence-electron chi connectivity index (χ3n) is 7.29. The molecule has 0 spiro atoms. The topological polar surface area (TPSA) is 79.5 Å². The van der Waals surface area contributed by atoms with Crippen molar-refractivity contribution in [1.82, 2.24) is 9.13 Å². The molecule has 5 rings (SSSR count). The largest absolute Gasteiger partial charge is 0.376 e. The van der Waals surface area contributed by atoms with Crippen molar-refractivity contribution < 1.29 is 23.0 Å². The number of ether oxygens (including phenoxy) is 2. The van der Waals surface area contributed by atoms with Crippen molar-refractivity contribution in [3.05, 3.63) is 141 Å². The van der Waals surface area contributed by atoms with E-state index in [2.05, 4.69) is 0 Å². The molecule has 1 aromatic heterocycles. The zero-order chi connectivity index (χ0) is 28.2. The van der Waals surface area contributed by atoms with E-state index in [1.807, 2.05) is 60.7 Å². The van der Waals surface area contributed by atoms with E-state index in [4.69, 9.17) is 9.47 Å². The number of hydrogen-bond acceptors (Lipinski definition) is 5. The molecule has 0 N–H and O–H groups in total. The molecular weight excluding hydrogens is 518 g/mol. The van der Waals surface area contributed by atoms with E-state index in [0.717, 1.165) is 28.0 Å². The second-order valence-corrected chi connectivity index (χ2v) is 9.88. The molecular formula is C31H28F2N2O5. The summed E-state index contributed by atoms with van der Waals surface area (Å²) >= 11 is 0. The summed E-state index contributed by atoms with van der Waals surface area (Å²) in [5.41, 5.74) is -1.69. The van der Waals surface area contributed by atoms with Gasteiger partial charge in [-0.25, -0.2) is 13.6 Å². The average molecular weight is 547 g/mol. The van der Waals surface area contributed by atoms with Crippen LogP contribution in [-0.2, 0) is 29.2 Å². The number of carbonyl (C=O) groups is 1. The Bertz CT molecular complexity index is 1520. The molecule has 0 bridgehead atoms. The summed E-state index contributed by atoms with van der Waals surface area (Å²) in [6.45, 7) is -0.740. The second-order valence-electron chi connectivity index (χ2n) is 9.88. The van der Waals surface area contributed by atoms with Gasteiger partial charge in [0, 0.05) is 24.4 Å². The minimum atomic E-state index is -3.22. The monoisotopic (exact) mass is 546 g/mol. The first-order valence-corrected chi connectivity index (χ1v) is 12.9. The SMILES string of the molecule is O=C(c1ccccc1)n1c(=O)ccn(C[C@@H]2C(F)(F)C2(COCc2ccccc2)COCc2ccccc2)c1=O. The maximum Gasteiger partial charge on any atom is 0.338 e. The molecule has 3 aromatic carbocycles. The minimum Gasteiger partial charge on any atom is -0.376 e. The van der Waals surface area contributed by atoms with Crippen molar-refractivity contribution >= 4 is 5.91 Å². The van der Waals surface area contributed by atoms with Crippen LogP contribution in [0.15, 0.2) is 113 Å². The fourth-order valence-corrected chi connectivity index (χ4v) is 4.91. The molecule has 1 saturated carbocycles. The highest BCUT2D eigenvalue weighted by molar-refractivity contribution is 5.95. The molecule has 4 aromatic rings. The quantitative estimate of drug-likeness (QED) is 0.279. The first-order valence-electron chi connectivity index (χ1n) is 12.9. The molecule has 0 unspecified atom stereocenters. The summed E-state index contributed by atoms with van der Waals surface area (Å²) in [5.74, 6) is -5.36. The maximum absolute atomic E-state index is 15.6. The highest BCUT2D eigenvalue weighted by atomic mass is 19.3. The molecule has 0 amide bonds. The summed E-state index contributed by atoms with van der Waals surface area (Å²) in [5, 5.41) is 0. The van der Waals surface area contributed by atoms with Crippen LogP contribution in [0.2, 0.25) is 0 Å². The maximum atomic E-state index is 15.6. The van der Waals surface area contributed by atoms with Crippen LogP contribution in [-0.4, -0.2) is 34.2 Å². The predicted molar refractivity (Wildman–Crippen MR) is 144 cm³/mol. The molecule has 7 nitrogen and oxygen atoms in total. The van der Waals surface area contributed by atoms with Gasteiger partial charge in [-0.15, -0.1) is 0 Å². The van der Waals surface area contributed by atoms with E-state index in [-0.39, 0.29) is 32.0 Å². The predicted octanol–water partition coefficient (Wildman–Crippen LogP) is 4.38. The number of nitrogens with zero attached hydrogens (tertiary/aromatic N) is 2. The van der Waals surface area contributed by atoms with E-state index < -0.39 is 41.0 Å². The molecule has 9 heteroatoms. The Labute approximate surface area is 229 Å². The Balaban J connectivity index is 1.38. The van der Waals surface area contributed by atoms with Gasteiger partial charge in [0.1, 0.15) is 0 Å². The molecule has 0 radical (unpaired) electrons. The van der Waals surface area contributed by atoms with Crippen LogP contribution in [0.1, 0.15) is 21.5 Å². The van der Waals surface area contributed by atoms with Crippen LogP contribution in [0.25, 0.3) is 0 Å². The van der Waals surface area contributed by atoms with E-state index in [1.54, 1.807) is 18.2 Å². The van der Waals surface area contributed by atoms with Crippen molar-refractivity contribution in [2.45, 2.75) is 25.7 Å². The molecule has 0 saturated heterocycles. The zero-order valence-electron chi connectivity index (χ0n) is 21.6. The summed E-state index contributed by atoms with van der Waals surface area (Å²) in [7, 11) is 0. The van der Waals surface area contributed by atoms with Crippen LogP contribution in [0, 0.1) is 11.3 Å². The Morgan fingerprint density at radius 2 is 1.25 bits per heavy atom. The number of carbonyl (C=O) groups excluding carboxylic acids is 1. The standard InChI is InChI=1S/C31H28F2N2O5/c32-31(33)26(18-34-17-16-27(36)35(29(34)38)28(37)25-14-8-3-9-15-25)30(31,21-39-19-23-10-4-1-5-11-23)22-40-20-24-12-6-2-7-13-24/h1-17,26H,18-22H2/t26-/m0/s1. The fourth-order valence-electron chi connectivity index (χ4n) is 4.91. The Morgan fingerprint density at radius 1 is 0.750 bits per heavy atom. The van der Waals surface area contributed by atoms with E-state index in [0.29, 0.717) is 4.57 Å². The van der Waals surface area contributed by atoms with Gasteiger partial charge in [-0.05, 0) is 23.3 Å². The van der Waals surface area contributed by atoms with E-state index >= 15 is 8.78 Å². The molecule has 1 heterocycles.